The molecule has 0 amide bonds. The van der Waals surface area contributed by atoms with Crippen LogP contribution >= 0.6 is 0 Å². The van der Waals surface area contributed by atoms with Crippen LogP contribution in [0.3, 0.4) is 0 Å². The van der Waals surface area contributed by atoms with E-state index in [4.69, 9.17) is 5.63 Å². The van der Waals surface area contributed by atoms with Crippen LogP contribution in [0.1, 0.15) is 44.2 Å². The summed E-state index contributed by atoms with van der Waals surface area (Å²) >= 11 is -3.90. The van der Waals surface area contributed by atoms with E-state index in [1.165, 1.54) is 28.8 Å². The number of aryl methyl sites for hydroxylation is 2. The predicted molar refractivity (Wildman–Crippen MR) is 119 cm³/mol. The van der Waals surface area contributed by atoms with E-state index in [1.807, 2.05) is 0 Å². The zero-order valence-corrected chi connectivity index (χ0v) is 20.2. The van der Waals surface area contributed by atoms with Gasteiger partial charge in [-0.1, -0.05) is 0 Å². The summed E-state index contributed by atoms with van der Waals surface area (Å²) in [5.74, 6) is 2.01. The molecule has 2 aliphatic carbocycles. The number of para-hydroxylation sites is 2. The zero-order valence-electron chi connectivity index (χ0n) is 17.8. The molecule has 0 fully saturated rings. The molecular weight excluding hydrogens is 448 g/mol. The van der Waals surface area contributed by atoms with Crippen molar-refractivity contribution in [1.82, 2.24) is 0 Å². The van der Waals surface area contributed by atoms with Crippen molar-refractivity contribution < 1.29 is 26.8 Å². The summed E-state index contributed by atoms with van der Waals surface area (Å²) in [6, 6.07) is 17.0. The maximum absolute atomic E-state index is 7.19. The van der Waals surface area contributed by atoms with Gasteiger partial charge in [0.05, 0.1) is 0 Å². The molecule has 1 heterocycles. The van der Waals surface area contributed by atoms with Crippen LogP contribution < -0.4 is 5.63 Å². The Hall–Kier alpha value is -2.12. The van der Waals surface area contributed by atoms with Crippen LogP contribution in [0.4, 0.5) is 0 Å². The van der Waals surface area contributed by atoms with Gasteiger partial charge in [-0.3, -0.25) is 0 Å². The van der Waals surface area contributed by atoms with Gasteiger partial charge in [-0.25, -0.2) is 0 Å². The molecule has 2 nitrogen and oxygen atoms in total. The maximum atomic E-state index is 7.19. The summed E-state index contributed by atoms with van der Waals surface area (Å²) in [5.41, 5.74) is 5.37. The van der Waals surface area contributed by atoms with Gasteiger partial charge in [0, 0.05) is 0 Å². The van der Waals surface area contributed by atoms with Crippen molar-refractivity contribution in [2.75, 3.05) is 0 Å². The summed E-state index contributed by atoms with van der Waals surface area (Å²) < 4.78 is 17.3. The van der Waals surface area contributed by atoms with E-state index in [9.17, 15) is 0 Å². The molecule has 0 aromatic heterocycles. The Morgan fingerprint density at radius 2 is 1.17 bits per heavy atom. The monoisotopic (exact) mass is 474 g/mol. The molecule has 3 heteroatoms. The van der Waals surface area contributed by atoms with Gasteiger partial charge in [0.15, 0.2) is 0 Å². The first kappa shape index (κ1) is 19.8. The first-order valence-electron chi connectivity index (χ1n) is 11.1. The molecule has 1 aliphatic heterocycles. The Balaban J connectivity index is 1.69. The average molecular weight is 476 g/mol. The van der Waals surface area contributed by atoms with Crippen LogP contribution in [0.15, 0.2) is 90.5 Å². The fraction of sp³-hybridized carbons (Fsp3) is 0.259. The molecule has 0 saturated carbocycles. The Morgan fingerprint density at radius 3 is 1.63 bits per heavy atom. The molecule has 2 aromatic carbocycles. The Bertz CT molecular complexity index is 1020. The first-order chi connectivity index (χ1) is 14.7. The van der Waals surface area contributed by atoms with E-state index >= 15 is 0 Å². The van der Waals surface area contributed by atoms with Crippen LogP contribution in [-0.4, -0.2) is 0 Å². The van der Waals surface area contributed by atoms with Crippen molar-refractivity contribution in [2.24, 2.45) is 0 Å². The van der Waals surface area contributed by atoms with E-state index in [0.717, 1.165) is 43.6 Å². The molecule has 30 heavy (non-hydrogen) atoms. The third-order valence-electron chi connectivity index (χ3n) is 6.45. The second kappa shape index (κ2) is 8.19. The van der Waals surface area contributed by atoms with Crippen molar-refractivity contribution in [2.45, 2.75) is 46.0 Å². The molecule has 0 spiro atoms. The standard InChI is InChI=1S/C11H10.2C8H10O.Zr/c1-2-6-10(5-1)9-11-7-3-4-8-11;2*1-2-7-5-3-4-6-8(7)9;/h1,3,5,7H,2,4,9H2;2*3-6,9H,2H2,1H3;/q;;;+2/p-2. The fourth-order valence-corrected chi connectivity index (χ4v) is 14.4. The van der Waals surface area contributed by atoms with Gasteiger partial charge in [0.1, 0.15) is 0 Å². The van der Waals surface area contributed by atoms with Crippen molar-refractivity contribution in [3.63, 3.8) is 0 Å². The third-order valence-corrected chi connectivity index (χ3v) is 15.4. The molecule has 3 aliphatic rings. The zero-order chi connectivity index (χ0) is 20.6. The molecule has 152 valence electrons. The fourth-order valence-electron chi connectivity index (χ4n) is 4.88. The summed E-state index contributed by atoms with van der Waals surface area (Å²) in [5, 5.41) is 0. The summed E-state index contributed by atoms with van der Waals surface area (Å²) in [4.78, 5) is 0. The van der Waals surface area contributed by atoms with Crippen LogP contribution in [-0.2, 0) is 34.0 Å². The van der Waals surface area contributed by atoms with Crippen LogP contribution in [0.5, 0.6) is 11.5 Å². The van der Waals surface area contributed by atoms with Gasteiger partial charge in [-0.05, 0) is 0 Å². The summed E-state index contributed by atoms with van der Waals surface area (Å²) in [6.07, 6.45) is 14.1. The van der Waals surface area contributed by atoms with Crippen LogP contribution in [0.2, 0.25) is 0 Å². The van der Waals surface area contributed by atoms with E-state index in [0.29, 0.717) is 0 Å². The van der Waals surface area contributed by atoms with Crippen LogP contribution in [0.25, 0.3) is 0 Å². The Labute approximate surface area is 185 Å². The van der Waals surface area contributed by atoms with Gasteiger partial charge in [0.25, 0.3) is 0 Å². The second-order valence-corrected chi connectivity index (χ2v) is 15.1. The van der Waals surface area contributed by atoms with E-state index in [1.54, 1.807) is 0 Å². The topological polar surface area (TPSA) is 18.5 Å². The summed E-state index contributed by atoms with van der Waals surface area (Å²) in [6.45, 7) is 4.39. The molecular formula is C27H28O2Zr. The molecule has 0 unspecified atom stereocenters. The quantitative estimate of drug-likeness (QED) is 0.444. The van der Waals surface area contributed by atoms with E-state index < -0.39 is 21.1 Å². The summed E-state index contributed by atoms with van der Waals surface area (Å²) in [7, 11) is 0. The molecule has 0 N–H and O–H groups in total. The minimum absolute atomic E-state index is 0.956. The van der Waals surface area contributed by atoms with E-state index in [-0.39, 0.29) is 0 Å². The molecule has 0 atom stereocenters. The van der Waals surface area contributed by atoms with Gasteiger partial charge < -0.3 is 0 Å². The number of benzene rings is 2. The minimum atomic E-state index is -3.90. The molecule has 5 rings (SSSR count). The number of rotatable bonds is 6. The normalized spacial score (nSPS) is 18.6. The van der Waals surface area contributed by atoms with Crippen molar-refractivity contribution >= 4 is 0 Å². The Kier molecular flexibility index (Phi) is 5.41. The third kappa shape index (κ3) is 3.28. The molecule has 0 saturated heterocycles. The van der Waals surface area contributed by atoms with Crippen molar-refractivity contribution in [3.8, 4) is 11.5 Å². The molecule has 0 bridgehead atoms. The van der Waals surface area contributed by atoms with Crippen LogP contribution in [0, 0.1) is 0 Å². The molecule has 2 aromatic rings. The SMILES string of the molecule is CCc1ccccc1[O][Zr]1([O]c2ccccc2CC)[C]2=C(C=CC2)CC2=[C]1CC=C2. The first-order valence-corrected chi connectivity index (χ1v) is 15.5. The van der Waals surface area contributed by atoms with E-state index in [2.05, 4.69) is 86.7 Å². The number of hydrogen-bond donors (Lipinski definition) is 0. The number of hydrogen-bond acceptors (Lipinski definition) is 2. The Morgan fingerprint density at radius 1 is 0.700 bits per heavy atom. The van der Waals surface area contributed by atoms with Gasteiger partial charge in [-0.2, -0.15) is 0 Å². The van der Waals surface area contributed by atoms with Crippen molar-refractivity contribution in [1.29, 1.82) is 0 Å². The molecule has 0 radical (unpaired) electrons. The second-order valence-electron chi connectivity index (χ2n) is 8.14. The number of allylic oxidation sites excluding steroid dienone is 8. The van der Waals surface area contributed by atoms with Crippen molar-refractivity contribution in [3.05, 3.63) is 102 Å². The van der Waals surface area contributed by atoms with Gasteiger partial charge in [-0.15, -0.1) is 0 Å². The predicted octanol–water partition coefficient (Wildman–Crippen LogP) is 7.08. The average Bonchev–Trinajstić information content (AvgIpc) is 3.45. The van der Waals surface area contributed by atoms with Gasteiger partial charge >= 0.3 is 186 Å². The van der Waals surface area contributed by atoms with Gasteiger partial charge in [0.2, 0.25) is 0 Å².